The molecule has 1 heterocycles. The number of rotatable bonds is 10. The molecule has 1 atom stereocenters. The minimum absolute atomic E-state index is 0.0366. The fourth-order valence-corrected chi connectivity index (χ4v) is 3.11. The summed E-state index contributed by atoms with van der Waals surface area (Å²) in [5.41, 5.74) is 2.62. The van der Waals surface area contributed by atoms with Gasteiger partial charge >= 0.3 is 6.09 Å². The molecule has 0 aliphatic heterocycles. The number of hydrogen-bond donors (Lipinski definition) is 2. The largest absolute Gasteiger partial charge is 0.475 e. The van der Waals surface area contributed by atoms with Gasteiger partial charge in [-0.25, -0.2) is 9.78 Å². The zero-order chi connectivity index (χ0) is 23.5. The lowest BCUT2D eigenvalue weighted by Crippen LogP contribution is -2.48. The SMILES string of the molecule is CC(C)Oc1ccc(CNC(=O)[C@H](Cc2ccccc2)NC(=O)OCc2ccccc2)cn1. The van der Waals surface area contributed by atoms with Crippen LogP contribution < -0.4 is 15.4 Å². The first-order valence-corrected chi connectivity index (χ1v) is 10.9. The minimum Gasteiger partial charge on any atom is -0.475 e. The number of benzene rings is 2. The number of nitrogens with zero attached hydrogens (tertiary/aromatic N) is 1. The lowest BCUT2D eigenvalue weighted by atomic mass is 10.1. The number of aromatic nitrogens is 1. The van der Waals surface area contributed by atoms with Gasteiger partial charge in [-0.2, -0.15) is 0 Å². The molecule has 0 saturated heterocycles. The molecule has 0 spiro atoms. The third kappa shape index (κ3) is 8.29. The van der Waals surface area contributed by atoms with E-state index in [0.717, 1.165) is 16.7 Å². The van der Waals surface area contributed by atoms with Crippen molar-refractivity contribution in [1.29, 1.82) is 0 Å². The maximum absolute atomic E-state index is 12.9. The Labute approximate surface area is 194 Å². The second-order valence-electron chi connectivity index (χ2n) is 7.84. The lowest BCUT2D eigenvalue weighted by molar-refractivity contribution is -0.123. The number of carbonyl (C=O) groups excluding carboxylic acids is 2. The molecule has 0 saturated carbocycles. The molecular weight excluding hydrogens is 418 g/mol. The molecule has 3 aromatic rings. The monoisotopic (exact) mass is 447 g/mol. The molecule has 7 nitrogen and oxygen atoms in total. The Morgan fingerprint density at radius 1 is 0.879 bits per heavy atom. The smallest absolute Gasteiger partial charge is 0.408 e. The maximum Gasteiger partial charge on any atom is 0.408 e. The molecule has 0 unspecified atom stereocenters. The van der Waals surface area contributed by atoms with E-state index >= 15 is 0 Å². The van der Waals surface area contributed by atoms with Crippen LogP contribution in [-0.2, 0) is 29.1 Å². The van der Waals surface area contributed by atoms with Crippen molar-refractivity contribution in [3.05, 3.63) is 95.7 Å². The predicted octanol–water partition coefficient (Wildman–Crippen LogP) is 4.02. The highest BCUT2D eigenvalue weighted by molar-refractivity contribution is 5.85. The second-order valence-corrected chi connectivity index (χ2v) is 7.84. The Morgan fingerprint density at radius 3 is 2.15 bits per heavy atom. The molecular formula is C26H29N3O4. The van der Waals surface area contributed by atoms with Gasteiger partial charge in [-0.1, -0.05) is 66.7 Å². The highest BCUT2D eigenvalue weighted by Crippen LogP contribution is 2.10. The molecule has 0 fully saturated rings. The molecule has 0 aliphatic rings. The quantitative estimate of drug-likeness (QED) is 0.490. The van der Waals surface area contributed by atoms with Gasteiger partial charge in [0.25, 0.3) is 0 Å². The van der Waals surface area contributed by atoms with E-state index in [1.807, 2.05) is 80.6 Å². The minimum atomic E-state index is -0.785. The van der Waals surface area contributed by atoms with Crippen molar-refractivity contribution >= 4 is 12.0 Å². The normalized spacial score (nSPS) is 11.5. The molecule has 2 N–H and O–H groups in total. The Morgan fingerprint density at radius 2 is 1.55 bits per heavy atom. The lowest BCUT2D eigenvalue weighted by Gasteiger charge is -2.19. The molecule has 2 amide bonds. The summed E-state index contributed by atoms with van der Waals surface area (Å²) < 4.78 is 10.8. The van der Waals surface area contributed by atoms with Crippen molar-refractivity contribution in [2.75, 3.05) is 0 Å². The zero-order valence-electron chi connectivity index (χ0n) is 18.9. The van der Waals surface area contributed by atoms with E-state index in [-0.39, 0.29) is 25.2 Å². The molecule has 0 radical (unpaired) electrons. The van der Waals surface area contributed by atoms with Crippen LogP contribution in [0.2, 0.25) is 0 Å². The van der Waals surface area contributed by atoms with E-state index in [0.29, 0.717) is 12.3 Å². The molecule has 0 aliphatic carbocycles. The summed E-state index contributed by atoms with van der Waals surface area (Å²) in [6, 6.07) is 21.7. The summed E-state index contributed by atoms with van der Waals surface area (Å²) in [6.45, 7) is 4.27. The highest BCUT2D eigenvalue weighted by atomic mass is 16.5. The van der Waals surface area contributed by atoms with Crippen LogP contribution in [0.3, 0.4) is 0 Å². The van der Waals surface area contributed by atoms with Gasteiger partial charge in [-0.15, -0.1) is 0 Å². The molecule has 1 aromatic heterocycles. The van der Waals surface area contributed by atoms with E-state index in [4.69, 9.17) is 9.47 Å². The molecule has 7 heteroatoms. The molecule has 3 rings (SSSR count). The van der Waals surface area contributed by atoms with Crippen LogP contribution in [0, 0.1) is 0 Å². The number of ether oxygens (including phenoxy) is 2. The van der Waals surface area contributed by atoms with Gasteiger partial charge in [-0.05, 0) is 30.5 Å². The van der Waals surface area contributed by atoms with Crippen LogP contribution in [0.1, 0.15) is 30.5 Å². The van der Waals surface area contributed by atoms with Crippen molar-refractivity contribution < 1.29 is 19.1 Å². The van der Waals surface area contributed by atoms with Crippen LogP contribution >= 0.6 is 0 Å². The van der Waals surface area contributed by atoms with Crippen LogP contribution in [0.15, 0.2) is 79.0 Å². The van der Waals surface area contributed by atoms with Gasteiger partial charge in [0.15, 0.2) is 0 Å². The van der Waals surface area contributed by atoms with E-state index in [9.17, 15) is 9.59 Å². The molecule has 172 valence electrons. The Kier molecular flexibility index (Phi) is 8.82. The number of carbonyl (C=O) groups is 2. The fourth-order valence-electron chi connectivity index (χ4n) is 3.11. The van der Waals surface area contributed by atoms with Crippen LogP contribution in [-0.4, -0.2) is 29.1 Å². The van der Waals surface area contributed by atoms with Gasteiger partial charge in [0.1, 0.15) is 12.6 Å². The number of pyridine rings is 1. The third-order valence-corrected chi connectivity index (χ3v) is 4.72. The van der Waals surface area contributed by atoms with Gasteiger partial charge in [0, 0.05) is 25.2 Å². The van der Waals surface area contributed by atoms with Gasteiger partial charge < -0.3 is 20.1 Å². The summed E-state index contributed by atoms with van der Waals surface area (Å²) in [6.07, 6.45) is 1.39. The summed E-state index contributed by atoms with van der Waals surface area (Å²) in [5, 5.41) is 5.56. The summed E-state index contributed by atoms with van der Waals surface area (Å²) in [7, 11) is 0. The van der Waals surface area contributed by atoms with Crippen molar-refractivity contribution in [3.63, 3.8) is 0 Å². The van der Waals surface area contributed by atoms with Crippen LogP contribution in [0.4, 0.5) is 4.79 Å². The van der Waals surface area contributed by atoms with Crippen LogP contribution in [0.25, 0.3) is 0 Å². The number of amides is 2. The summed E-state index contributed by atoms with van der Waals surface area (Å²) >= 11 is 0. The van der Waals surface area contributed by atoms with E-state index in [1.165, 1.54) is 0 Å². The van der Waals surface area contributed by atoms with Crippen molar-refractivity contribution in [2.24, 2.45) is 0 Å². The maximum atomic E-state index is 12.9. The molecule has 2 aromatic carbocycles. The van der Waals surface area contributed by atoms with Gasteiger partial charge in [0.2, 0.25) is 11.8 Å². The number of nitrogens with one attached hydrogen (secondary N) is 2. The fraction of sp³-hybridized carbons (Fsp3) is 0.269. The third-order valence-electron chi connectivity index (χ3n) is 4.72. The molecule has 33 heavy (non-hydrogen) atoms. The summed E-state index contributed by atoms with van der Waals surface area (Å²) in [4.78, 5) is 29.5. The number of alkyl carbamates (subject to hydrolysis) is 1. The predicted molar refractivity (Wildman–Crippen MR) is 126 cm³/mol. The number of hydrogen-bond acceptors (Lipinski definition) is 5. The molecule has 0 bridgehead atoms. The first-order chi connectivity index (χ1) is 16.0. The first-order valence-electron chi connectivity index (χ1n) is 10.9. The van der Waals surface area contributed by atoms with Crippen molar-refractivity contribution in [3.8, 4) is 5.88 Å². The average Bonchev–Trinajstić information content (AvgIpc) is 2.82. The van der Waals surface area contributed by atoms with Crippen molar-refractivity contribution in [2.45, 2.75) is 45.6 Å². The Balaban J connectivity index is 1.59. The standard InChI is InChI=1S/C26H29N3O4/c1-19(2)33-24-14-13-22(16-27-24)17-28-25(30)23(15-20-9-5-3-6-10-20)29-26(31)32-18-21-11-7-4-8-12-21/h3-14,16,19,23H,15,17-18H2,1-2H3,(H,28,30)(H,29,31)/t23-/m0/s1. The second kappa shape index (κ2) is 12.2. The van der Waals surface area contributed by atoms with Crippen molar-refractivity contribution in [1.82, 2.24) is 15.6 Å². The van der Waals surface area contributed by atoms with Gasteiger partial charge in [-0.3, -0.25) is 4.79 Å². The van der Waals surface area contributed by atoms with Crippen LogP contribution in [0.5, 0.6) is 5.88 Å². The van der Waals surface area contributed by atoms with E-state index in [1.54, 1.807) is 12.3 Å². The highest BCUT2D eigenvalue weighted by Gasteiger charge is 2.22. The Hall–Kier alpha value is -3.87. The van der Waals surface area contributed by atoms with E-state index < -0.39 is 12.1 Å². The topological polar surface area (TPSA) is 89.6 Å². The average molecular weight is 448 g/mol. The zero-order valence-corrected chi connectivity index (χ0v) is 18.9. The van der Waals surface area contributed by atoms with Gasteiger partial charge in [0.05, 0.1) is 6.10 Å². The summed E-state index contributed by atoms with van der Waals surface area (Å²) in [5.74, 6) is 0.225. The first kappa shape index (κ1) is 23.8. The van der Waals surface area contributed by atoms with E-state index in [2.05, 4.69) is 15.6 Å². The Bertz CT molecular complexity index is 1010.